The van der Waals surface area contributed by atoms with Crippen molar-refractivity contribution in [3.63, 3.8) is 0 Å². The summed E-state index contributed by atoms with van der Waals surface area (Å²) >= 11 is 0. The zero-order chi connectivity index (χ0) is 17.2. The molecule has 2 saturated heterocycles. The fourth-order valence-electron chi connectivity index (χ4n) is 4.20. The maximum Gasteiger partial charge on any atom is 0.191 e. The molecule has 2 N–H and O–H groups in total. The minimum atomic E-state index is 0.765. The van der Waals surface area contributed by atoms with Gasteiger partial charge in [-0.2, -0.15) is 0 Å². The van der Waals surface area contributed by atoms with Crippen molar-refractivity contribution in [3.8, 4) is 0 Å². The van der Waals surface area contributed by atoms with Gasteiger partial charge in [-0.25, -0.2) is 0 Å². The van der Waals surface area contributed by atoms with Crippen LogP contribution in [0.15, 0.2) is 4.99 Å². The number of nitrogens with one attached hydrogen (secondary N) is 2. The lowest BCUT2D eigenvalue weighted by Crippen LogP contribution is -2.46. The number of rotatable bonds is 8. The van der Waals surface area contributed by atoms with Crippen LogP contribution in [0, 0.1) is 5.92 Å². The van der Waals surface area contributed by atoms with Gasteiger partial charge in [-0.3, -0.25) is 9.89 Å². The summed E-state index contributed by atoms with van der Waals surface area (Å²) in [5.41, 5.74) is 0. The first-order valence-corrected chi connectivity index (χ1v) is 10.2. The van der Waals surface area contributed by atoms with Gasteiger partial charge in [0.1, 0.15) is 0 Å². The third-order valence-corrected chi connectivity index (χ3v) is 5.60. The average molecular weight is 338 g/mol. The van der Waals surface area contributed by atoms with Crippen LogP contribution < -0.4 is 10.6 Å². The Hall–Kier alpha value is -0.810. The Bertz CT molecular complexity index is 371. The van der Waals surface area contributed by atoms with Crippen molar-refractivity contribution >= 4 is 5.96 Å². The quantitative estimate of drug-likeness (QED) is 0.526. The highest BCUT2D eigenvalue weighted by atomic mass is 15.2. The number of nitrogens with zero attached hydrogens (tertiary/aromatic N) is 3. The molecule has 2 aliphatic rings. The lowest BCUT2D eigenvalue weighted by Gasteiger charge is -2.35. The predicted octanol–water partition coefficient (Wildman–Crippen LogP) is 2.15. The van der Waals surface area contributed by atoms with Gasteiger partial charge in [-0.15, -0.1) is 0 Å². The Morgan fingerprint density at radius 3 is 2.71 bits per heavy atom. The summed E-state index contributed by atoms with van der Waals surface area (Å²) < 4.78 is 0. The summed E-state index contributed by atoms with van der Waals surface area (Å²) in [7, 11) is 1.88. The second-order valence-electron chi connectivity index (χ2n) is 7.43. The van der Waals surface area contributed by atoms with Crippen LogP contribution in [0.25, 0.3) is 0 Å². The molecule has 2 aliphatic heterocycles. The van der Waals surface area contributed by atoms with Crippen LogP contribution in [0.5, 0.6) is 0 Å². The zero-order valence-electron chi connectivity index (χ0n) is 16.2. The Labute approximate surface area is 149 Å². The van der Waals surface area contributed by atoms with Crippen LogP contribution in [0.2, 0.25) is 0 Å². The van der Waals surface area contributed by atoms with Crippen molar-refractivity contribution in [2.24, 2.45) is 10.9 Å². The number of hydrogen-bond acceptors (Lipinski definition) is 3. The van der Waals surface area contributed by atoms with E-state index in [1.54, 1.807) is 0 Å². The molecule has 0 spiro atoms. The summed E-state index contributed by atoms with van der Waals surface area (Å²) in [4.78, 5) is 9.63. The van der Waals surface area contributed by atoms with E-state index < -0.39 is 0 Å². The fraction of sp³-hybridized carbons (Fsp3) is 0.947. The third-order valence-electron chi connectivity index (χ3n) is 5.60. The first-order valence-electron chi connectivity index (χ1n) is 10.2. The highest BCUT2D eigenvalue weighted by Crippen LogP contribution is 2.18. The highest BCUT2D eigenvalue weighted by Gasteiger charge is 2.22. The maximum absolute atomic E-state index is 4.39. The number of likely N-dealkylation sites (tertiary alicyclic amines) is 2. The first-order chi connectivity index (χ1) is 11.8. The largest absolute Gasteiger partial charge is 0.356 e. The molecule has 0 saturated carbocycles. The molecule has 0 aromatic carbocycles. The molecule has 2 fully saturated rings. The molecule has 0 aliphatic carbocycles. The lowest BCUT2D eigenvalue weighted by molar-refractivity contribution is 0.147. The summed E-state index contributed by atoms with van der Waals surface area (Å²) in [6, 6.07) is 0.790. The van der Waals surface area contributed by atoms with E-state index in [0.29, 0.717) is 0 Å². The van der Waals surface area contributed by atoms with Crippen LogP contribution in [-0.2, 0) is 0 Å². The van der Waals surface area contributed by atoms with Crippen LogP contribution in [0.1, 0.15) is 52.4 Å². The Kier molecular flexibility index (Phi) is 8.89. The van der Waals surface area contributed by atoms with Crippen LogP contribution in [0.3, 0.4) is 0 Å². The van der Waals surface area contributed by atoms with E-state index in [0.717, 1.165) is 37.6 Å². The van der Waals surface area contributed by atoms with E-state index in [9.17, 15) is 0 Å². The van der Waals surface area contributed by atoms with Crippen LogP contribution >= 0.6 is 0 Å². The van der Waals surface area contributed by atoms with Crippen molar-refractivity contribution in [2.75, 3.05) is 52.9 Å². The smallest absolute Gasteiger partial charge is 0.191 e. The minimum Gasteiger partial charge on any atom is -0.356 e. The zero-order valence-corrected chi connectivity index (χ0v) is 16.2. The highest BCUT2D eigenvalue weighted by molar-refractivity contribution is 5.79. The SMILES string of the molecule is CCCN1CCC(CNC(=NC)NCCN2CCCCC2CC)C1. The lowest BCUT2D eigenvalue weighted by atomic mass is 10.0. The Morgan fingerprint density at radius 1 is 1.08 bits per heavy atom. The van der Waals surface area contributed by atoms with Gasteiger partial charge in [0.2, 0.25) is 0 Å². The minimum absolute atomic E-state index is 0.765. The summed E-state index contributed by atoms with van der Waals surface area (Å²) in [5, 5.41) is 7.04. The van der Waals surface area contributed by atoms with Crippen molar-refractivity contribution in [3.05, 3.63) is 0 Å². The number of guanidine groups is 1. The number of piperidine rings is 1. The van der Waals surface area contributed by atoms with Crippen LogP contribution in [0.4, 0.5) is 0 Å². The molecule has 0 aromatic rings. The molecule has 0 radical (unpaired) electrons. The van der Waals surface area contributed by atoms with Gasteiger partial charge in [0.25, 0.3) is 0 Å². The van der Waals surface area contributed by atoms with E-state index in [4.69, 9.17) is 0 Å². The second-order valence-corrected chi connectivity index (χ2v) is 7.43. The fourth-order valence-corrected chi connectivity index (χ4v) is 4.20. The molecule has 0 bridgehead atoms. The molecule has 2 unspecified atom stereocenters. The molecule has 24 heavy (non-hydrogen) atoms. The van der Waals surface area contributed by atoms with Gasteiger partial charge >= 0.3 is 0 Å². The van der Waals surface area contributed by atoms with E-state index in [1.807, 2.05) is 7.05 Å². The van der Waals surface area contributed by atoms with Crippen LogP contribution in [-0.4, -0.2) is 74.7 Å². The summed E-state index contributed by atoms with van der Waals surface area (Å²) in [6.45, 7) is 12.8. The second kappa shape index (κ2) is 10.9. The van der Waals surface area contributed by atoms with Crippen molar-refractivity contribution in [2.45, 2.75) is 58.4 Å². The molecule has 0 aromatic heterocycles. The topological polar surface area (TPSA) is 42.9 Å². The number of hydrogen-bond donors (Lipinski definition) is 2. The molecule has 2 rings (SSSR count). The molecule has 2 atom stereocenters. The Morgan fingerprint density at radius 2 is 1.96 bits per heavy atom. The van der Waals surface area contributed by atoms with E-state index in [1.165, 1.54) is 64.7 Å². The Balaban J connectivity index is 1.62. The van der Waals surface area contributed by atoms with Gasteiger partial charge in [-0.05, 0) is 57.7 Å². The standard InChI is InChI=1S/C19H39N5/c1-4-11-23-13-9-17(16-23)15-22-19(20-3)21-10-14-24-12-7-6-8-18(24)5-2/h17-18H,4-16H2,1-3H3,(H2,20,21,22). The molecular formula is C19H39N5. The van der Waals surface area contributed by atoms with E-state index in [2.05, 4.69) is 39.3 Å². The van der Waals surface area contributed by atoms with Gasteiger partial charge in [0.05, 0.1) is 0 Å². The third kappa shape index (κ3) is 6.25. The van der Waals surface area contributed by atoms with Gasteiger partial charge < -0.3 is 15.5 Å². The van der Waals surface area contributed by atoms with Gasteiger partial charge in [-0.1, -0.05) is 20.3 Å². The monoisotopic (exact) mass is 337 g/mol. The molecule has 5 nitrogen and oxygen atoms in total. The summed E-state index contributed by atoms with van der Waals surface area (Å²) in [5.74, 6) is 1.73. The molecule has 5 heteroatoms. The molecular weight excluding hydrogens is 298 g/mol. The molecule has 0 amide bonds. The number of aliphatic imine (C=N–C) groups is 1. The molecule has 140 valence electrons. The van der Waals surface area contributed by atoms with E-state index in [-0.39, 0.29) is 0 Å². The van der Waals surface area contributed by atoms with Crippen molar-refractivity contribution in [1.29, 1.82) is 0 Å². The van der Waals surface area contributed by atoms with Crippen molar-refractivity contribution in [1.82, 2.24) is 20.4 Å². The predicted molar refractivity (Wildman–Crippen MR) is 104 cm³/mol. The normalized spacial score (nSPS) is 26.7. The first kappa shape index (κ1) is 19.5. The van der Waals surface area contributed by atoms with E-state index >= 15 is 0 Å². The molecule has 2 heterocycles. The average Bonchev–Trinajstić information content (AvgIpc) is 3.06. The summed E-state index contributed by atoms with van der Waals surface area (Å²) in [6.07, 6.45) is 8.00. The van der Waals surface area contributed by atoms with Gasteiger partial charge in [0.15, 0.2) is 5.96 Å². The maximum atomic E-state index is 4.39. The van der Waals surface area contributed by atoms with Gasteiger partial charge in [0, 0.05) is 39.3 Å². The van der Waals surface area contributed by atoms with Crippen molar-refractivity contribution < 1.29 is 0 Å².